The van der Waals surface area contributed by atoms with Crippen molar-refractivity contribution in [1.29, 1.82) is 0 Å². The van der Waals surface area contributed by atoms with E-state index in [9.17, 15) is 4.79 Å². The molecule has 0 saturated carbocycles. The van der Waals surface area contributed by atoms with Crippen LogP contribution < -0.4 is 10.2 Å². The van der Waals surface area contributed by atoms with Gasteiger partial charge in [0.1, 0.15) is 5.82 Å². The number of amides is 1. The standard InChI is InChI=1S/C24H32N6O/c1-15(2)21(22-27-19-10-6-7-11-20(19)29(22)5)28-23(31)18-9-8-12-30(14-18)24-25-16(3)13-17(4)26-24/h6-7,10-11,13,15,18,21H,8-9,12,14H2,1-5H3,(H,28,31)/t18-,21+/m1/s1. The zero-order valence-corrected chi connectivity index (χ0v) is 19.1. The van der Waals surface area contributed by atoms with Crippen molar-refractivity contribution in [2.45, 2.75) is 46.6 Å². The molecule has 3 heterocycles. The van der Waals surface area contributed by atoms with Gasteiger partial charge in [-0.1, -0.05) is 26.0 Å². The van der Waals surface area contributed by atoms with Crippen molar-refractivity contribution in [3.63, 3.8) is 0 Å². The molecule has 0 radical (unpaired) electrons. The number of hydrogen-bond donors (Lipinski definition) is 1. The maximum absolute atomic E-state index is 13.3. The number of carbonyl (C=O) groups is 1. The van der Waals surface area contributed by atoms with Crippen LogP contribution in [0, 0.1) is 25.7 Å². The maximum atomic E-state index is 13.3. The Morgan fingerprint density at radius 1 is 1.13 bits per heavy atom. The molecule has 0 unspecified atom stereocenters. The Bertz CT molecular complexity index is 1070. The van der Waals surface area contributed by atoms with Crippen LogP contribution in [-0.2, 0) is 11.8 Å². The number of nitrogens with one attached hydrogen (secondary N) is 1. The summed E-state index contributed by atoms with van der Waals surface area (Å²) in [4.78, 5) is 29.5. The zero-order chi connectivity index (χ0) is 22.1. The molecule has 1 aliphatic heterocycles. The fourth-order valence-electron chi connectivity index (χ4n) is 4.46. The van der Waals surface area contributed by atoms with Crippen LogP contribution in [0.5, 0.6) is 0 Å². The SMILES string of the molecule is Cc1cc(C)nc(N2CCC[C@@H](C(=O)N[C@H](c3nc4ccccc4n3C)C(C)C)C2)n1. The lowest BCUT2D eigenvalue weighted by atomic mass is 9.95. The number of aromatic nitrogens is 4. The lowest BCUT2D eigenvalue weighted by molar-refractivity contribution is -0.126. The first kappa shape index (κ1) is 21.3. The average Bonchev–Trinajstić information content (AvgIpc) is 3.07. The third kappa shape index (κ3) is 4.40. The molecule has 0 spiro atoms. The number of fused-ring (bicyclic) bond motifs is 1. The van der Waals surface area contributed by atoms with Gasteiger partial charge in [-0.3, -0.25) is 4.79 Å². The summed E-state index contributed by atoms with van der Waals surface area (Å²) < 4.78 is 2.09. The molecule has 3 aromatic rings. The van der Waals surface area contributed by atoms with Crippen molar-refractivity contribution >= 4 is 22.9 Å². The Hall–Kier alpha value is -2.96. The first-order valence-electron chi connectivity index (χ1n) is 11.1. The maximum Gasteiger partial charge on any atom is 0.225 e. The summed E-state index contributed by atoms with van der Waals surface area (Å²) in [6.45, 7) is 9.74. The van der Waals surface area contributed by atoms with Crippen LogP contribution >= 0.6 is 0 Å². The molecule has 0 aliphatic carbocycles. The minimum absolute atomic E-state index is 0.0832. The van der Waals surface area contributed by atoms with Gasteiger partial charge in [0.25, 0.3) is 0 Å². The number of hydrogen-bond acceptors (Lipinski definition) is 5. The molecule has 1 N–H and O–H groups in total. The fraction of sp³-hybridized carbons (Fsp3) is 0.500. The summed E-state index contributed by atoms with van der Waals surface area (Å²) in [6.07, 6.45) is 1.83. The van der Waals surface area contributed by atoms with Crippen LogP contribution in [-0.4, -0.2) is 38.5 Å². The summed E-state index contributed by atoms with van der Waals surface area (Å²) in [6, 6.07) is 9.92. The molecule has 4 rings (SSSR count). The lowest BCUT2D eigenvalue weighted by Gasteiger charge is -2.33. The van der Waals surface area contributed by atoms with Gasteiger partial charge in [-0.25, -0.2) is 15.0 Å². The van der Waals surface area contributed by atoms with E-state index in [1.165, 1.54) is 0 Å². The number of piperidine rings is 1. The van der Waals surface area contributed by atoms with Crippen molar-refractivity contribution in [3.05, 3.63) is 47.5 Å². The summed E-state index contributed by atoms with van der Waals surface area (Å²) in [5.41, 5.74) is 3.94. The normalized spacial score (nSPS) is 17.9. The van der Waals surface area contributed by atoms with Gasteiger partial charge in [-0.15, -0.1) is 0 Å². The summed E-state index contributed by atoms with van der Waals surface area (Å²) in [5.74, 6) is 1.84. The highest BCUT2D eigenvalue weighted by molar-refractivity contribution is 5.80. The smallest absolute Gasteiger partial charge is 0.225 e. The third-order valence-electron chi connectivity index (χ3n) is 6.11. The highest BCUT2D eigenvalue weighted by atomic mass is 16.2. The van der Waals surface area contributed by atoms with Gasteiger partial charge in [0, 0.05) is 31.5 Å². The number of imidazole rings is 1. The van der Waals surface area contributed by atoms with Crippen molar-refractivity contribution in [2.75, 3.05) is 18.0 Å². The molecule has 164 valence electrons. The molecule has 0 bridgehead atoms. The van der Waals surface area contributed by atoms with Gasteiger partial charge in [0.2, 0.25) is 11.9 Å². The molecular formula is C24H32N6O. The minimum atomic E-state index is -0.141. The van der Waals surface area contributed by atoms with Crippen LogP contribution in [0.4, 0.5) is 5.95 Å². The van der Waals surface area contributed by atoms with E-state index in [1.807, 2.05) is 45.2 Å². The second-order valence-electron chi connectivity index (χ2n) is 8.98. The molecule has 1 saturated heterocycles. The second-order valence-corrected chi connectivity index (χ2v) is 8.98. The Kier molecular flexibility index (Phi) is 5.94. The largest absolute Gasteiger partial charge is 0.346 e. The molecule has 1 aromatic carbocycles. The van der Waals surface area contributed by atoms with Crippen LogP contribution in [0.3, 0.4) is 0 Å². The number of rotatable bonds is 5. The van der Waals surface area contributed by atoms with E-state index < -0.39 is 0 Å². The molecule has 31 heavy (non-hydrogen) atoms. The van der Waals surface area contributed by atoms with Gasteiger partial charge in [-0.05, 0) is 50.8 Å². The molecule has 7 nitrogen and oxygen atoms in total. The van der Waals surface area contributed by atoms with E-state index in [-0.39, 0.29) is 23.8 Å². The molecule has 1 aliphatic rings. The van der Waals surface area contributed by atoms with E-state index in [0.29, 0.717) is 6.54 Å². The van der Waals surface area contributed by atoms with Gasteiger partial charge in [-0.2, -0.15) is 0 Å². The first-order valence-corrected chi connectivity index (χ1v) is 11.1. The number of benzene rings is 1. The number of nitrogens with zero attached hydrogens (tertiary/aromatic N) is 5. The highest BCUT2D eigenvalue weighted by Gasteiger charge is 2.31. The number of anilines is 1. The van der Waals surface area contributed by atoms with E-state index in [1.54, 1.807) is 0 Å². The van der Waals surface area contributed by atoms with Crippen LogP contribution in [0.15, 0.2) is 30.3 Å². The van der Waals surface area contributed by atoms with E-state index in [2.05, 4.69) is 44.7 Å². The van der Waals surface area contributed by atoms with Crippen molar-refractivity contribution < 1.29 is 4.79 Å². The molecule has 7 heteroatoms. The molecule has 2 aromatic heterocycles. The van der Waals surface area contributed by atoms with E-state index in [0.717, 1.165) is 53.6 Å². The minimum Gasteiger partial charge on any atom is -0.346 e. The number of carbonyl (C=O) groups excluding carboxylic acids is 1. The monoisotopic (exact) mass is 420 g/mol. The van der Waals surface area contributed by atoms with E-state index in [4.69, 9.17) is 4.98 Å². The second kappa shape index (κ2) is 8.65. The fourth-order valence-corrected chi connectivity index (χ4v) is 4.46. The Morgan fingerprint density at radius 2 is 1.84 bits per heavy atom. The molecule has 2 atom stereocenters. The quantitative estimate of drug-likeness (QED) is 0.681. The first-order chi connectivity index (χ1) is 14.8. The molecule has 1 amide bonds. The van der Waals surface area contributed by atoms with Crippen LogP contribution in [0.25, 0.3) is 11.0 Å². The third-order valence-corrected chi connectivity index (χ3v) is 6.11. The Balaban J connectivity index is 1.53. The van der Waals surface area contributed by atoms with Crippen molar-refractivity contribution in [1.82, 2.24) is 24.8 Å². The molecular weight excluding hydrogens is 388 g/mol. The predicted molar refractivity (Wildman–Crippen MR) is 123 cm³/mol. The van der Waals surface area contributed by atoms with Crippen LogP contribution in [0.1, 0.15) is 49.9 Å². The van der Waals surface area contributed by atoms with Gasteiger partial charge in [0.05, 0.1) is 23.0 Å². The average molecular weight is 421 g/mol. The topological polar surface area (TPSA) is 75.9 Å². The summed E-state index contributed by atoms with van der Waals surface area (Å²) in [5, 5.41) is 3.31. The van der Waals surface area contributed by atoms with Crippen molar-refractivity contribution in [2.24, 2.45) is 18.9 Å². The summed E-state index contributed by atoms with van der Waals surface area (Å²) >= 11 is 0. The molecule has 1 fully saturated rings. The predicted octanol–water partition coefficient (Wildman–Crippen LogP) is 3.71. The Morgan fingerprint density at radius 3 is 2.52 bits per heavy atom. The summed E-state index contributed by atoms with van der Waals surface area (Å²) in [7, 11) is 2.02. The Labute approximate surface area is 183 Å². The highest BCUT2D eigenvalue weighted by Crippen LogP contribution is 2.27. The van der Waals surface area contributed by atoms with Crippen LogP contribution in [0.2, 0.25) is 0 Å². The van der Waals surface area contributed by atoms with E-state index >= 15 is 0 Å². The van der Waals surface area contributed by atoms with Gasteiger partial charge >= 0.3 is 0 Å². The number of aryl methyl sites for hydroxylation is 3. The van der Waals surface area contributed by atoms with Crippen molar-refractivity contribution in [3.8, 4) is 0 Å². The lowest BCUT2D eigenvalue weighted by Crippen LogP contribution is -2.45. The van der Waals surface area contributed by atoms with Gasteiger partial charge in [0.15, 0.2) is 0 Å². The number of para-hydroxylation sites is 2. The van der Waals surface area contributed by atoms with Gasteiger partial charge < -0.3 is 14.8 Å². The zero-order valence-electron chi connectivity index (χ0n) is 19.1.